The molecule has 2 rings (SSSR count). The molecule has 0 saturated carbocycles. The smallest absolute Gasteiger partial charge is 0.232 e. The molecule has 1 aromatic rings. The van der Waals surface area contributed by atoms with Gasteiger partial charge in [-0.2, -0.15) is 0 Å². The Hall–Kier alpha value is -0.850. The summed E-state index contributed by atoms with van der Waals surface area (Å²) in [5, 5.41) is 0.286. The summed E-state index contributed by atoms with van der Waals surface area (Å²) in [6.45, 7) is 0.290. The Morgan fingerprint density at radius 1 is 1.44 bits per heavy atom. The number of halogens is 2. The standard InChI is InChI=1S/C10H10Cl2N2O3S/c11-8-2-1-3-9(13-8)14-5-7(4-10(14)15)6-18(12,16)17/h1-3,7H,4-6H2. The van der Waals surface area contributed by atoms with Gasteiger partial charge < -0.3 is 0 Å². The van der Waals surface area contributed by atoms with E-state index >= 15 is 0 Å². The lowest BCUT2D eigenvalue weighted by Crippen LogP contribution is -2.26. The van der Waals surface area contributed by atoms with E-state index in [9.17, 15) is 13.2 Å². The molecule has 0 N–H and O–H groups in total. The first-order valence-corrected chi connectivity index (χ1v) is 8.06. The van der Waals surface area contributed by atoms with E-state index in [1.54, 1.807) is 18.2 Å². The van der Waals surface area contributed by atoms with Crippen LogP contribution in [0.25, 0.3) is 0 Å². The second kappa shape index (κ2) is 5.03. The fourth-order valence-corrected chi connectivity index (χ4v) is 3.42. The lowest BCUT2D eigenvalue weighted by molar-refractivity contribution is -0.117. The van der Waals surface area contributed by atoms with E-state index in [2.05, 4.69) is 4.98 Å². The van der Waals surface area contributed by atoms with Crippen molar-refractivity contribution in [1.82, 2.24) is 4.98 Å². The minimum absolute atomic E-state index is 0.153. The molecule has 1 fully saturated rings. The Bertz CT molecular complexity index is 576. The Morgan fingerprint density at radius 2 is 2.17 bits per heavy atom. The van der Waals surface area contributed by atoms with Crippen molar-refractivity contribution >= 4 is 43.1 Å². The molecule has 0 spiro atoms. The second-order valence-corrected chi connectivity index (χ2v) is 7.31. The third-order valence-electron chi connectivity index (χ3n) is 2.62. The van der Waals surface area contributed by atoms with Crippen molar-refractivity contribution in [2.45, 2.75) is 6.42 Å². The molecule has 0 aromatic carbocycles. The van der Waals surface area contributed by atoms with Crippen LogP contribution >= 0.6 is 22.3 Å². The Kier molecular flexibility index (Phi) is 3.79. The predicted octanol–water partition coefficient (Wildman–Crippen LogP) is 1.66. The molecule has 18 heavy (non-hydrogen) atoms. The molecular formula is C10H10Cl2N2O3S. The van der Waals surface area contributed by atoms with Crippen LogP contribution in [-0.4, -0.2) is 31.6 Å². The first-order valence-electron chi connectivity index (χ1n) is 5.20. The van der Waals surface area contributed by atoms with E-state index in [4.69, 9.17) is 22.3 Å². The van der Waals surface area contributed by atoms with E-state index in [-0.39, 0.29) is 35.7 Å². The summed E-state index contributed by atoms with van der Waals surface area (Å²) < 4.78 is 22.0. The predicted molar refractivity (Wildman–Crippen MR) is 69.3 cm³/mol. The third kappa shape index (κ3) is 3.34. The zero-order valence-corrected chi connectivity index (χ0v) is 11.5. The van der Waals surface area contributed by atoms with Crippen LogP contribution in [0.5, 0.6) is 0 Å². The zero-order chi connectivity index (χ0) is 13.3. The van der Waals surface area contributed by atoms with Crippen LogP contribution in [-0.2, 0) is 13.8 Å². The molecule has 8 heteroatoms. The van der Waals surface area contributed by atoms with Gasteiger partial charge in [0, 0.05) is 29.6 Å². The number of hydrogen-bond donors (Lipinski definition) is 0. The SMILES string of the molecule is O=C1CC(CS(=O)(=O)Cl)CN1c1cccc(Cl)n1. The largest absolute Gasteiger partial charge is 0.296 e. The number of aromatic nitrogens is 1. The number of amides is 1. The zero-order valence-electron chi connectivity index (χ0n) is 9.21. The van der Waals surface area contributed by atoms with Gasteiger partial charge in [0.15, 0.2) is 0 Å². The number of rotatable bonds is 3. The second-order valence-electron chi connectivity index (χ2n) is 4.10. The summed E-state index contributed by atoms with van der Waals surface area (Å²) in [7, 11) is 1.59. The van der Waals surface area contributed by atoms with Crippen molar-refractivity contribution in [3.8, 4) is 0 Å². The van der Waals surface area contributed by atoms with Gasteiger partial charge in [-0.05, 0) is 12.1 Å². The highest BCUT2D eigenvalue weighted by atomic mass is 35.7. The molecule has 2 heterocycles. The summed E-state index contributed by atoms with van der Waals surface area (Å²) >= 11 is 5.75. The van der Waals surface area contributed by atoms with E-state index in [1.807, 2.05) is 0 Å². The van der Waals surface area contributed by atoms with Crippen molar-refractivity contribution in [3.63, 3.8) is 0 Å². The van der Waals surface area contributed by atoms with Gasteiger partial charge in [-0.1, -0.05) is 17.7 Å². The first-order chi connectivity index (χ1) is 8.35. The van der Waals surface area contributed by atoms with Gasteiger partial charge in [0.25, 0.3) is 0 Å². The summed E-state index contributed by atoms with van der Waals surface area (Å²) in [5.74, 6) is -0.255. The van der Waals surface area contributed by atoms with Crippen molar-refractivity contribution < 1.29 is 13.2 Å². The molecule has 0 radical (unpaired) electrons. The van der Waals surface area contributed by atoms with Crippen LogP contribution < -0.4 is 4.90 Å². The minimum atomic E-state index is -3.60. The molecule has 1 unspecified atom stereocenters. The lowest BCUT2D eigenvalue weighted by Gasteiger charge is -2.15. The maximum absolute atomic E-state index is 11.8. The maximum atomic E-state index is 11.8. The lowest BCUT2D eigenvalue weighted by atomic mass is 10.1. The summed E-state index contributed by atoms with van der Waals surface area (Å²) in [6.07, 6.45) is 0.153. The van der Waals surface area contributed by atoms with Gasteiger partial charge in [0.2, 0.25) is 15.0 Å². The van der Waals surface area contributed by atoms with E-state index in [0.717, 1.165) is 0 Å². The molecule has 98 valence electrons. The number of nitrogens with zero attached hydrogens (tertiary/aromatic N) is 2. The van der Waals surface area contributed by atoms with Crippen molar-refractivity contribution in [2.24, 2.45) is 5.92 Å². The average Bonchev–Trinajstić information content (AvgIpc) is 2.56. The van der Waals surface area contributed by atoms with Crippen LogP contribution in [0.4, 0.5) is 5.82 Å². The quantitative estimate of drug-likeness (QED) is 0.629. The van der Waals surface area contributed by atoms with Crippen LogP contribution in [0.3, 0.4) is 0 Å². The van der Waals surface area contributed by atoms with Gasteiger partial charge >= 0.3 is 0 Å². The summed E-state index contributed by atoms with van der Waals surface area (Å²) in [4.78, 5) is 17.2. The Morgan fingerprint density at radius 3 is 2.78 bits per heavy atom. The van der Waals surface area contributed by atoms with Crippen LogP contribution in [0.15, 0.2) is 18.2 Å². The summed E-state index contributed by atoms with van der Waals surface area (Å²) in [6, 6.07) is 4.94. The number of carbonyl (C=O) groups is 1. The molecule has 5 nitrogen and oxygen atoms in total. The first kappa shape index (κ1) is 13.6. The highest BCUT2D eigenvalue weighted by Crippen LogP contribution is 2.26. The molecule has 1 amide bonds. The molecular weight excluding hydrogens is 299 g/mol. The normalized spacial score (nSPS) is 20.4. The van der Waals surface area contributed by atoms with E-state index in [1.165, 1.54) is 4.90 Å². The Balaban J connectivity index is 2.15. The molecule has 1 atom stereocenters. The fraction of sp³-hybridized carbons (Fsp3) is 0.400. The van der Waals surface area contributed by atoms with Gasteiger partial charge in [-0.3, -0.25) is 9.69 Å². The van der Waals surface area contributed by atoms with Crippen LogP contribution in [0.2, 0.25) is 5.15 Å². The fourth-order valence-electron chi connectivity index (χ4n) is 1.94. The molecule has 0 bridgehead atoms. The number of anilines is 1. The minimum Gasteiger partial charge on any atom is -0.296 e. The van der Waals surface area contributed by atoms with Gasteiger partial charge in [-0.15, -0.1) is 0 Å². The highest BCUT2D eigenvalue weighted by Gasteiger charge is 2.33. The molecule has 1 aromatic heterocycles. The number of pyridine rings is 1. The highest BCUT2D eigenvalue weighted by molar-refractivity contribution is 8.13. The van der Waals surface area contributed by atoms with Gasteiger partial charge in [-0.25, -0.2) is 13.4 Å². The van der Waals surface area contributed by atoms with Gasteiger partial charge in [0.05, 0.1) is 5.75 Å². The average molecular weight is 309 g/mol. The molecule has 0 aliphatic carbocycles. The Labute approximate surface area is 114 Å². The van der Waals surface area contributed by atoms with Gasteiger partial charge in [0.1, 0.15) is 11.0 Å². The van der Waals surface area contributed by atoms with Crippen LogP contribution in [0.1, 0.15) is 6.42 Å². The van der Waals surface area contributed by atoms with E-state index in [0.29, 0.717) is 5.82 Å². The number of hydrogen-bond acceptors (Lipinski definition) is 4. The molecule has 1 aliphatic rings. The molecule has 1 saturated heterocycles. The van der Waals surface area contributed by atoms with Crippen molar-refractivity contribution in [3.05, 3.63) is 23.4 Å². The topological polar surface area (TPSA) is 67.3 Å². The third-order valence-corrected chi connectivity index (χ3v) is 4.07. The monoisotopic (exact) mass is 308 g/mol. The number of carbonyl (C=O) groups excluding carboxylic acids is 1. The van der Waals surface area contributed by atoms with Crippen molar-refractivity contribution in [1.29, 1.82) is 0 Å². The summed E-state index contributed by atoms with van der Waals surface area (Å²) in [5.41, 5.74) is 0. The van der Waals surface area contributed by atoms with E-state index < -0.39 is 9.05 Å². The maximum Gasteiger partial charge on any atom is 0.232 e. The van der Waals surface area contributed by atoms with Crippen molar-refractivity contribution in [2.75, 3.05) is 17.2 Å². The van der Waals surface area contributed by atoms with Crippen LogP contribution in [0, 0.1) is 5.92 Å². The molecule has 1 aliphatic heterocycles.